The summed E-state index contributed by atoms with van der Waals surface area (Å²) in [5.74, 6) is 1.05. The first-order valence-corrected chi connectivity index (χ1v) is 5.52. The van der Waals surface area contributed by atoms with Crippen molar-refractivity contribution in [2.75, 3.05) is 31.1 Å². The fourth-order valence-corrected chi connectivity index (χ4v) is 1.94. The quantitative estimate of drug-likeness (QED) is 0.723. The SMILES string of the molecule is CC(C)N1CCN(c2ccncn2)CC1. The highest BCUT2D eigenvalue weighted by Gasteiger charge is 2.19. The van der Waals surface area contributed by atoms with Crippen LogP contribution in [0.15, 0.2) is 18.6 Å². The predicted octanol–water partition coefficient (Wildman–Crippen LogP) is 1.01. The van der Waals surface area contributed by atoms with Crippen molar-refractivity contribution in [1.82, 2.24) is 14.9 Å². The zero-order chi connectivity index (χ0) is 10.7. The second-order valence-corrected chi connectivity index (χ2v) is 4.18. The lowest BCUT2D eigenvalue weighted by atomic mass is 10.2. The van der Waals surface area contributed by atoms with Crippen LogP contribution in [0.4, 0.5) is 5.82 Å². The van der Waals surface area contributed by atoms with Gasteiger partial charge in [0.2, 0.25) is 0 Å². The van der Waals surface area contributed by atoms with E-state index in [0.717, 1.165) is 32.0 Å². The van der Waals surface area contributed by atoms with Crippen LogP contribution < -0.4 is 4.90 Å². The molecule has 0 N–H and O–H groups in total. The first kappa shape index (κ1) is 10.4. The third kappa shape index (κ3) is 2.45. The molecule has 1 aliphatic rings. The van der Waals surface area contributed by atoms with Crippen LogP contribution in [0.25, 0.3) is 0 Å². The molecule has 0 radical (unpaired) electrons. The molecular weight excluding hydrogens is 188 g/mol. The molecule has 4 nitrogen and oxygen atoms in total. The van der Waals surface area contributed by atoms with E-state index in [0.29, 0.717) is 6.04 Å². The van der Waals surface area contributed by atoms with Crippen molar-refractivity contribution < 1.29 is 0 Å². The standard InChI is InChI=1S/C11H18N4/c1-10(2)14-5-7-15(8-6-14)11-3-4-12-9-13-11/h3-4,9-10H,5-8H2,1-2H3. The average Bonchev–Trinajstić information content (AvgIpc) is 2.30. The molecule has 0 aliphatic carbocycles. The second-order valence-electron chi connectivity index (χ2n) is 4.18. The van der Waals surface area contributed by atoms with Crippen LogP contribution in [0.2, 0.25) is 0 Å². The summed E-state index contributed by atoms with van der Waals surface area (Å²) in [4.78, 5) is 13.0. The number of hydrogen-bond acceptors (Lipinski definition) is 4. The fourth-order valence-electron chi connectivity index (χ4n) is 1.94. The van der Waals surface area contributed by atoms with E-state index in [1.165, 1.54) is 0 Å². The van der Waals surface area contributed by atoms with Gasteiger partial charge in [0.1, 0.15) is 12.1 Å². The number of nitrogens with zero attached hydrogens (tertiary/aromatic N) is 4. The highest BCUT2D eigenvalue weighted by molar-refractivity contribution is 5.36. The smallest absolute Gasteiger partial charge is 0.131 e. The van der Waals surface area contributed by atoms with Crippen LogP contribution in [0.1, 0.15) is 13.8 Å². The minimum Gasteiger partial charge on any atom is -0.354 e. The number of hydrogen-bond donors (Lipinski definition) is 0. The van der Waals surface area contributed by atoms with Crippen molar-refractivity contribution in [3.8, 4) is 0 Å². The third-order valence-corrected chi connectivity index (χ3v) is 2.93. The van der Waals surface area contributed by atoms with Gasteiger partial charge in [-0.05, 0) is 19.9 Å². The molecule has 15 heavy (non-hydrogen) atoms. The minimum absolute atomic E-state index is 0.651. The van der Waals surface area contributed by atoms with Gasteiger partial charge in [-0.3, -0.25) is 4.90 Å². The van der Waals surface area contributed by atoms with Crippen molar-refractivity contribution in [2.45, 2.75) is 19.9 Å². The third-order valence-electron chi connectivity index (χ3n) is 2.93. The van der Waals surface area contributed by atoms with Gasteiger partial charge in [-0.15, -0.1) is 0 Å². The molecule has 0 saturated carbocycles. The summed E-state index contributed by atoms with van der Waals surface area (Å²) in [6, 6.07) is 2.63. The highest BCUT2D eigenvalue weighted by atomic mass is 15.3. The van der Waals surface area contributed by atoms with Crippen LogP contribution in [-0.2, 0) is 0 Å². The molecule has 0 atom stereocenters. The highest BCUT2D eigenvalue weighted by Crippen LogP contribution is 2.12. The average molecular weight is 206 g/mol. The summed E-state index contributed by atoms with van der Waals surface area (Å²) in [5, 5.41) is 0. The maximum absolute atomic E-state index is 4.27. The van der Waals surface area contributed by atoms with E-state index in [-0.39, 0.29) is 0 Å². The van der Waals surface area contributed by atoms with Gasteiger partial charge >= 0.3 is 0 Å². The van der Waals surface area contributed by atoms with Crippen molar-refractivity contribution in [3.63, 3.8) is 0 Å². The Labute approximate surface area is 90.9 Å². The van der Waals surface area contributed by atoms with Gasteiger partial charge in [-0.25, -0.2) is 9.97 Å². The Bertz CT molecular complexity index is 291. The molecule has 0 bridgehead atoms. The predicted molar refractivity (Wildman–Crippen MR) is 61.0 cm³/mol. The minimum atomic E-state index is 0.651. The summed E-state index contributed by atoms with van der Waals surface area (Å²) in [7, 11) is 0. The van der Waals surface area contributed by atoms with E-state index in [9.17, 15) is 0 Å². The van der Waals surface area contributed by atoms with Gasteiger partial charge < -0.3 is 4.90 Å². The van der Waals surface area contributed by atoms with Crippen molar-refractivity contribution in [3.05, 3.63) is 18.6 Å². The van der Waals surface area contributed by atoms with E-state index in [2.05, 4.69) is 33.6 Å². The maximum atomic E-state index is 4.27. The molecule has 0 amide bonds. The lowest BCUT2D eigenvalue weighted by molar-refractivity contribution is 0.209. The zero-order valence-electron chi connectivity index (χ0n) is 9.43. The summed E-state index contributed by atoms with van der Waals surface area (Å²) in [6.45, 7) is 8.88. The number of anilines is 1. The lowest BCUT2D eigenvalue weighted by Gasteiger charge is -2.37. The Kier molecular flexibility index (Phi) is 3.16. The zero-order valence-corrected chi connectivity index (χ0v) is 9.43. The fraction of sp³-hybridized carbons (Fsp3) is 0.636. The Balaban J connectivity index is 1.94. The molecule has 1 aliphatic heterocycles. The Morgan fingerprint density at radius 2 is 1.93 bits per heavy atom. The van der Waals surface area contributed by atoms with Gasteiger partial charge in [-0.2, -0.15) is 0 Å². The molecule has 1 saturated heterocycles. The number of rotatable bonds is 2. The van der Waals surface area contributed by atoms with Gasteiger partial charge in [-0.1, -0.05) is 0 Å². The molecule has 4 heteroatoms. The number of aromatic nitrogens is 2. The van der Waals surface area contributed by atoms with Crippen LogP contribution in [0.5, 0.6) is 0 Å². The van der Waals surface area contributed by atoms with Crippen LogP contribution in [0.3, 0.4) is 0 Å². The van der Waals surface area contributed by atoms with Crippen molar-refractivity contribution in [2.24, 2.45) is 0 Å². The van der Waals surface area contributed by atoms with Crippen molar-refractivity contribution >= 4 is 5.82 Å². The topological polar surface area (TPSA) is 32.3 Å². The summed E-state index contributed by atoms with van der Waals surface area (Å²) < 4.78 is 0. The van der Waals surface area contributed by atoms with Crippen LogP contribution >= 0.6 is 0 Å². The normalized spacial score (nSPS) is 18.5. The molecule has 1 aromatic heterocycles. The van der Waals surface area contributed by atoms with Crippen molar-refractivity contribution in [1.29, 1.82) is 0 Å². The molecule has 2 rings (SSSR count). The monoisotopic (exact) mass is 206 g/mol. The lowest BCUT2D eigenvalue weighted by Crippen LogP contribution is -2.49. The van der Waals surface area contributed by atoms with Gasteiger partial charge in [0.05, 0.1) is 0 Å². The van der Waals surface area contributed by atoms with E-state index < -0.39 is 0 Å². The molecule has 2 heterocycles. The molecular formula is C11H18N4. The van der Waals surface area contributed by atoms with E-state index in [1.54, 1.807) is 12.5 Å². The molecule has 1 aromatic rings. The summed E-state index contributed by atoms with van der Waals surface area (Å²) in [6.07, 6.45) is 3.42. The largest absolute Gasteiger partial charge is 0.354 e. The first-order chi connectivity index (χ1) is 7.27. The Hall–Kier alpha value is -1.16. The number of piperazine rings is 1. The van der Waals surface area contributed by atoms with E-state index in [4.69, 9.17) is 0 Å². The summed E-state index contributed by atoms with van der Waals surface area (Å²) >= 11 is 0. The molecule has 0 spiro atoms. The molecule has 1 fully saturated rings. The first-order valence-electron chi connectivity index (χ1n) is 5.52. The van der Waals surface area contributed by atoms with E-state index in [1.807, 2.05) is 6.07 Å². The maximum Gasteiger partial charge on any atom is 0.131 e. The Morgan fingerprint density at radius 3 is 2.47 bits per heavy atom. The van der Waals surface area contributed by atoms with Crippen LogP contribution in [-0.4, -0.2) is 47.1 Å². The Morgan fingerprint density at radius 1 is 1.20 bits per heavy atom. The van der Waals surface area contributed by atoms with Gasteiger partial charge in [0, 0.05) is 38.4 Å². The molecule has 0 unspecified atom stereocenters. The molecule has 82 valence electrons. The molecule has 0 aromatic carbocycles. The summed E-state index contributed by atoms with van der Waals surface area (Å²) in [5.41, 5.74) is 0. The van der Waals surface area contributed by atoms with Gasteiger partial charge in [0.25, 0.3) is 0 Å². The van der Waals surface area contributed by atoms with Gasteiger partial charge in [0.15, 0.2) is 0 Å². The van der Waals surface area contributed by atoms with Crippen LogP contribution in [0, 0.1) is 0 Å². The second kappa shape index (κ2) is 4.57. The van der Waals surface area contributed by atoms with E-state index >= 15 is 0 Å².